The summed E-state index contributed by atoms with van der Waals surface area (Å²) in [5.74, 6) is 0.412. The molecular formula is C14H21NO. The van der Waals surface area contributed by atoms with Crippen molar-refractivity contribution in [1.29, 1.82) is 0 Å². The van der Waals surface area contributed by atoms with Crippen LogP contribution in [0.5, 0.6) is 0 Å². The van der Waals surface area contributed by atoms with E-state index in [1.54, 1.807) is 0 Å². The van der Waals surface area contributed by atoms with Gasteiger partial charge in [0.15, 0.2) is 0 Å². The Labute approximate surface area is 97.5 Å². The van der Waals surface area contributed by atoms with Gasteiger partial charge in [0.2, 0.25) is 0 Å². The molecule has 1 saturated carbocycles. The molecule has 1 aromatic carbocycles. The third kappa shape index (κ3) is 2.28. The molecule has 0 bridgehead atoms. The summed E-state index contributed by atoms with van der Waals surface area (Å²) in [4.78, 5) is 0. The molecule has 0 aliphatic heterocycles. The maximum absolute atomic E-state index is 9.17. The van der Waals surface area contributed by atoms with Gasteiger partial charge in [-0.25, -0.2) is 0 Å². The SMILES string of the molecule is NC1(CCO)CCCCC1c1ccccc1. The van der Waals surface area contributed by atoms with Crippen molar-refractivity contribution in [2.75, 3.05) is 6.61 Å². The van der Waals surface area contributed by atoms with Crippen LogP contribution in [0.15, 0.2) is 30.3 Å². The summed E-state index contributed by atoms with van der Waals surface area (Å²) in [5, 5.41) is 9.17. The lowest BCUT2D eigenvalue weighted by Crippen LogP contribution is -2.48. The molecule has 3 N–H and O–H groups in total. The minimum Gasteiger partial charge on any atom is -0.396 e. The lowest BCUT2D eigenvalue weighted by Gasteiger charge is -2.41. The van der Waals surface area contributed by atoms with E-state index in [-0.39, 0.29) is 12.1 Å². The molecule has 2 rings (SSSR count). The Kier molecular flexibility index (Phi) is 3.62. The van der Waals surface area contributed by atoms with Crippen molar-refractivity contribution in [3.63, 3.8) is 0 Å². The third-order valence-corrected chi connectivity index (χ3v) is 3.86. The highest BCUT2D eigenvalue weighted by atomic mass is 16.3. The van der Waals surface area contributed by atoms with Gasteiger partial charge in [0.25, 0.3) is 0 Å². The second kappa shape index (κ2) is 4.98. The molecule has 0 heterocycles. The van der Waals surface area contributed by atoms with Gasteiger partial charge >= 0.3 is 0 Å². The molecule has 1 aliphatic rings. The Morgan fingerprint density at radius 2 is 2.00 bits per heavy atom. The van der Waals surface area contributed by atoms with Gasteiger partial charge in [-0.15, -0.1) is 0 Å². The molecule has 16 heavy (non-hydrogen) atoms. The van der Waals surface area contributed by atoms with Gasteiger partial charge in [-0.05, 0) is 24.8 Å². The summed E-state index contributed by atoms with van der Waals surface area (Å²) in [6.07, 6.45) is 5.35. The number of hydrogen-bond acceptors (Lipinski definition) is 2. The molecular weight excluding hydrogens is 198 g/mol. The van der Waals surface area contributed by atoms with Crippen LogP contribution in [0.2, 0.25) is 0 Å². The number of nitrogens with two attached hydrogens (primary N) is 1. The van der Waals surface area contributed by atoms with Crippen LogP contribution in [0.4, 0.5) is 0 Å². The molecule has 1 aliphatic carbocycles. The Balaban J connectivity index is 2.23. The molecule has 2 unspecified atom stereocenters. The van der Waals surface area contributed by atoms with Crippen LogP contribution in [-0.2, 0) is 0 Å². The zero-order valence-electron chi connectivity index (χ0n) is 9.73. The molecule has 2 heteroatoms. The molecule has 0 radical (unpaired) electrons. The van der Waals surface area contributed by atoms with Crippen molar-refractivity contribution in [3.8, 4) is 0 Å². The molecule has 0 spiro atoms. The normalized spacial score (nSPS) is 30.2. The highest BCUT2D eigenvalue weighted by molar-refractivity contribution is 5.24. The van der Waals surface area contributed by atoms with Crippen LogP contribution in [0.1, 0.15) is 43.6 Å². The van der Waals surface area contributed by atoms with Gasteiger partial charge in [0, 0.05) is 18.1 Å². The first kappa shape index (κ1) is 11.6. The standard InChI is InChI=1S/C14H21NO/c15-14(10-11-16)9-5-4-8-13(14)12-6-2-1-3-7-12/h1-3,6-7,13,16H,4-5,8-11,15H2. The van der Waals surface area contributed by atoms with E-state index in [2.05, 4.69) is 24.3 Å². The van der Waals surface area contributed by atoms with Gasteiger partial charge in [0.05, 0.1) is 0 Å². The van der Waals surface area contributed by atoms with Crippen LogP contribution in [0.3, 0.4) is 0 Å². The summed E-state index contributed by atoms with van der Waals surface area (Å²) in [5.41, 5.74) is 7.62. The van der Waals surface area contributed by atoms with Crippen LogP contribution >= 0.6 is 0 Å². The summed E-state index contributed by atoms with van der Waals surface area (Å²) >= 11 is 0. The largest absolute Gasteiger partial charge is 0.396 e. The zero-order valence-corrected chi connectivity index (χ0v) is 9.73. The van der Waals surface area contributed by atoms with Gasteiger partial charge in [-0.3, -0.25) is 0 Å². The van der Waals surface area contributed by atoms with Crippen LogP contribution in [-0.4, -0.2) is 17.3 Å². The van der Waals surface area contributed by atoms with Crippen LogP contribution in [0, 0.1) is 0 Å². The Bertz CT molecular complexity index is 321. The van der Waals surface area contributed by atoms with Crippen molar-refractivity contribution in [1.82, 2.24) is 0 Å². The zero-order chi connectivity index (χ0) is 11.4. The summed E-state index contributed by atoms with van der Waals surface area (Å²) in [7, 11) is 0. The van der Waals surface area contributed by atoms with E-state index in [0.717, 1.165) is 12.8 Å². The van der Waals surface area contributed by atoms with Gasteiger partial charge in [-0.2, -0.15) is 0 Å². The first-order chi connectivity index (χ1) is 7.76. The number of benzene rings is 1. The summed E-state index contributed by atoms with van der Waals surface area (Å²) in [6.45, 7) is 0.194. The van der Waals surface area contributed by atoms with E-state index in [4.69, 9.17) is 10.8 Å². The predicted molar refractivity (Wildman–Crippen MR) is 66.3 cm³/mol. The van der Waals surface area contributed by atoms with Crippen molar-refractivity contribution < 1.29 is 5.11 Å². The molecule has 1 aromatic rings. The van der Waals surface area contributed by atoms with Gasteiger partial charge < -0.3 is 10.8 Å². The van der Waals surface area contributed by atoms with Crippen molar-refractivity contribution in [3.05, 3.63) is 35.9 Å². The minimum absolute atomic E-state index is 0.194. The number of aliphatic hydroxyl groups is 1. The van der Waals surface area contributed by atoms with Gasteiger partial charge in [0.1, 0.15) is 0 Å². The van der Waals surface area contributed by atoms with Crippen molar-refractivity contribution >= 4 is 0 Å². The highest BCUT2D eigenvalue weighted by Crippen LogP contribution is 2.40. The molecule has 0 amide bonds. The topological polar surface area (TPSA) is 46.2 Å². The van der Waals surface area contributed by atoms with Crippen molar-refractivity contribution in [2.45, 2.75) is 43.6 Å². The Morgan fingerprint density at radius 3 is 2.69 bits per heavy atom. The molecule has 88 valence electrons. The highest BCUT2D eigenvalue weighted by Gasteiger charge is 2.37. The van der Waals surface area contributed by atoms with E-state index in [1.165, 1.54) is 18.4 Å². The Hall–Kier alpha value is -0.860. The summed E-state index contributed by atoms with van der Waals surface area (Å²) < 4.78 is 0. The fourth-order valence-electron chi connectivity index (χ4n) is 2.96. The molecule has 2 atom stereocenters. The van der Waals surface area contributed by atoms with E-state index >= 15 is 0 Å². The average molecular weight is 219 g/mol. The van der Waals surface area contributed by atoms with E-state index < -0.39 is 0 Å². The van der Waals surface area contributed by atoms with Gasteiger partial charge in [-0.1, -0.05) is 43.2 Å². The average Bonchev–Trinajstić information content (AvgIpc) is 2.31. The first-order valence-corrected chi connectivity index (χ1v) is 6.21. The minimum atomic E-state index is -0.200. The molecule has 2 nitrogen and oxygen atoms in total. The second-order valence-electron chi connectivity index (χ2n) is 4.92. The van der Waals surface area contributed by atoms with E-state index in [1.807, 2.05) is 6.07 Å². The number of aliphatic hydroxyl groups excluding tert-OH is 1. The number of rotatable bonds is 3. The smallest absolute Gasteiger partial charge is 0.0448 e. The quantitative estimate of drug-likeness (QED) is 0.820. The number of hydrogen-bond donors (Lipinski definition) is 2. The van der Waals surface area contributed by atoms with Crippen LogP contribution < -0.4 is 5.73 Å². The maximum atomic E-state index is 9.17. The third-order valence-electron chi connectivity index (χ3n) is 3.86. The maximum Gasteiger partial charge on any atom is 0.0448 e. The fourth-order valence-corrected chi connectivity index (χ4v) is 2.96. The molecule has 1 fully saturated rings. The fraction of sp³-hybridized carbons (Fsp3) is 0.571. The first-order valence-electron chi connectivity index (χ1n) is 6.21. The molecule has 0 saturated heterocycles. The van der Waals surface area contributed by atoms with E-state index in [0.29, 0.717) is 12.3 Å². The van der Waals surface area contributed by atoms with Crippen LogP contribution in [0.25, 0.3) is 0 Å². The lowest BCUT2D eigenvalue weighted by atomic mass is 9.69. The monoisotopic (exact) mass is 219 g/mol. The second-order valence-corrected chi connectivity index (χ2v) is 4.92. The van der Waals surface area contributed by atoms with E-state index in [9.17, 15) is 0 Å². The Morgan fingerprint density at radius 1 is 1.25 bits per heavy atom. The molecule has 0 aromatic heterocycles. The summed E-state index contributed by atoms with van der Waals surface area (Å²) in [6, 6.07) is 10.5. The lowest BCUT2D eigenvalue weighted by molar-refractivity contribution is 0.179. The predicted octanol–water partition coefficient (Wildman–Crippen LogP) is 2.42. The van der Waals surface area contributed by atoms with Crippen molar-refractivity contribution in [2.24, 2.45) is 5.73 Å².